The summed E-state index contributed by atoms with van der Waals surface area (Å²) in [6.45, 7) is 7.66. The SMILES string of the molecule is CNc1cc(N2CCc3c(N4CCC[C@H](CN5CCN(c6ccc7c(c6)n(C)c(=O)n7C6CCC(=O)NC6=O)CC5)C4)cccc32)nn2c(C(=O)NC3CC3)cnc12. The van der Waals surface area contributed by atoms with Gasteiger partial charge in [-0.1, -0.05) is 6.07 Å². The molecule has 16 nitrogen and oxygen atoms in total. The van der Waals surface area contributed by atoms with Gasteiger partial charge in [0.05, 0.1) is 22.9 Å². The van der Waals surface area contributed by atoms with E-state index in [0.29, 0.717) is 29.2 Å². The molecule has 2 atom stereocenters. The molecule has 1 aliphatic carbocycles. The number of rotatable bonds is 9. The second-order valence-electron chi connectivity index (χ2n) is 16.6. The van der Waals surface area contributed by atoms with E-state index in [1.54, 1.807) is 26.9 Å². The first kappa shape index (κ1) is 36.4. The molecular weight excluding hydrogens is 737 g/mol. The van der Waals surface area contributed by atoms with Gasteiger partial charge in [0.25, 0.3) is 5.91 Å². The van der Waals surface area contributed by atoms with E-state index in [1.165, 1.54) is 23.4 Å². The van der Waals surface area contributed by atoms with Gasteiger partial charge in [-0.25, -0.2) is 14.3 Å². The first-order valence-electron chi connectivity index (χ1n) is 20.8. The van der Waals surface area contributed by atoms with Crippen LogP contribution in [0.2, 0.25) is 0 Å². The highest BCUT2D eigenvalue weighted by atomic mass is 16.2. The zero-order chi connectivity index (χ0) is 39.7. The second kappa shape index (κ2) is 14.5. The number of carbonyl (C=O) groups is 3. The van der Waals surface area contributed by atoms with Gasteiger partial charge >= 0.3 is 5.69 Å². The molecule has 302 valence electrons. The first-order chi connectivity index (χ1) is 28.2. The molecule has 3 aromatic heterocycles. The van der Waals surface area contributed by atoms with E-state index in [-0.39, 0.29) is 30.0 Å². The molecular formula is C42H50N12O4. The fraction of sp³-hybridized carbons (Fsp3) is 0.476. The Kier molecular flexibility index (Phi) is 9.10. The molecule has 16 heteroatoms. The zero-order valence-electron chi connectivity index (χ0n) is 33.1. The van der Waals surface area contributed by atoms with Crippen LogP contribution in [-0.2, 0) is 23.1 Å². The molecule has 3 amide bonds. The van der Waals surface area contributed by atoms with Crippen molar-refractivity contribution in [1.82, 2.24) is 39.3 Å². The number of benzene rings is 2. The van der Waals surface area contributed by atoms with E-state index in [0.717, 1.165) is 101 Å². The number of amides is 3. The van der Waals surface area contributed by atoms with Gasteiger partial charge in [0.15, 0.2) is 17.2 Å². The zero-order valence-corrected chi connectivity index (χ0v) is 33.1. The lowest BCUT2D eigenvalue weighted by Gasteiger charge is -2.41. The molecule has 3 N–H and O–H groups in total. The fourth-order valence-corrected chi connectivity index (χ4v) is 9.63. The molecule has 1 saturated carbocycles. The molecule has 5 aromatic rings. The summed E-state index contributed by atoms with van der Waals surface area (Å²) in [5, 5.41) is 13.7. The molecule has 0 radical (unpaired) electrons. The molecule has 2 aromatic carbocycles. The minimum absolute atomic E-state index is 0.139. The Hall–Kier alpha value is -5.90. The van der Waals surface area contributed by atoms with Gasteiger partial charge in [0, 0.05) is 108 Å². The van der Waals surface area contributed by atoms with Crippen molar-refractivity contribution in [3.8, 4) is 0 Å². The van der Waals surface area contributed by atoms with Gasteiger partial charge in [-0.3, -0.25) is 33.7 Å². The first-order valence-corrected chi connectivity index (χ1v) is 20.8. The summed E-state index contributed by atoms with van der Waals surface area (Å²) < 4.78 is 4.83. The standard InChI is InChI=1S/C42H50N12O4/c1-43-30-22-37(47-54-36(23-44-39(30)54)41(57)45-27-8-9-27)52-16-14-29-31(6-3-7-32(29)52)51-15-4-5-26(25-51)24-49-17-19-50(20-18-49)28-10-11-33-35(21-28)48(2)42(58)53(33)34-12-13-38(55)46-40(34)56/h3,6-7,10-11,21-23,26-27,34,43H,4-5,8-9,12-20,24-25H2,1-2H3,(H,45,57)(H,46,55,56)/t26-,34?/m1/s1. The van der Waals surface area contributed by atoms with E-state index in [1.807, 2.05) is 19.2 Å². The lowest BCUT2D eigenvalue weighted by molar-refractivity contribution is -0.135. The third kappa shape index (κ3) is 6.43. The summed E-state index contributed by atoms with van der Waals surface area (Å²) in [4.78, 5) is 65.2. The second-order valence-corrected chi connectivity index (χ2v) is 16.6. The van der Waals surface area contributed by atoms with Crippen molar-refractivity contribution in [3.05, 3.63) is 70.4 Å². The van der Waals surface area contributed by atoms with Crippen molar-refractivity contribution in [2.24, 2.45) is 13.0 Å². The molecule has 4 fully saturated rings. The van der Waals surface area contributed by atoms with Crippen LogP contribution in [-0.4, -0.2) is 112 Å². The van der Waals surface area contributed by atoms with Crippen molar-refractivity contribution in [1.29, 1.82) is 0 Å². The van der Waals surface area contributed by atoms with Crippen LogP contribution in [0.5, 0.6) is 0 Å². The number of imide groups is 1. The molecule has 7 heterocycles. The monoisotopic (exact) mass is 786 g/mol. The van der Waals surface area contributed by atoms with E-state index in [2.05, 4.69) is 70.9 Å². The third-order valence-corrected chi connectivity index (χ3v) is 12.9. The van der Waals surface area contributed by atoms with E-state index in [4.69, 9.17) is 5.10 Å². The number of hydrogen-bond acceptors (Lipinski definition) is 11. The van der Waals surface area contributed by atoms with Gasteiger partial charge < -0.3 is 25.3 Å². The maximum Gasteiger partial charge on any atom is 0.329 e. The van der Waals surface area contributed by atoms with Crippen LogP contribution in [0.25, 0.3) is 16.7 Å². The van der Waals surface area contributed by atoms with E-state index in [9.17, 15) is 19.2 Å². The normalized spacial score (nSPS) is 21.5. The van der Waals surface area contributed by atoms with Crippen molar-refractivity contribution >= 4 is 63.0 Å². The van der Waals surface area contributed by atoms with Crippen LogP contribution in [0.1, 0.15) is 60.6 Å². The Morgan fingerprint density at radius 1 is 0.897 bits per heavy atom. The van der Waals surface area contributed by atoms with Crippen LogP contribution in [0.15, 0.2) is 53.5 Å². The largest absolute Gasteiger partial charge is 0.385 e. The number of imidazole rings is 2. The number of nitrogens with zero attached hydrogens (tertiary/aromatic N) is 9. The Balaban J connectivity index is 0.804. The molecule has 10 rings (SSSR count). The summed E-state index contributed by atoms with van der Waals surface area (Å²) in [5.74, 6) is 0.503. The highest BCUT2D eigenvalue weighted by Gasteiger charge is 2.33. The van der Waals surface area contributed by atoms with Crippen molar-refractivity contribution < 1.29 is 14.4 Å². The number of fused-ring (bicyclic) bond motifs is 3. The smallest absolute Gasteiger partial charge is 0.329 e. The van der Waals surface area contributed by atoms with Gasteiger partial charge in [0.2, 0.25) is 11.8 Å². The number of carbonyl (C=O) groups excluding carboxylic acids is 3. The Bertz CT molecular complexity index is 2510. The van der Waals surface area contributed by atoms with Crippen LogP contribution in [0.4, 0.5) is 28.6 Å². The minimum atomic E-state index is -0.689. The summed E-state index contributed by atoms with van der Waals surface area (Å²) in [6, 6.07) is 14.3. The highest BCUT2D eigenvalue weighted by Crippen LogP contribution is 2.41. The lowest BCUT2D eigenvalue weighted by atomic mass is 9.95. The third-order valence-electron chi connectivity index (χ3n) is 12.9. The van der Waals surface area contributed by atoms with Crippen LogP contribution < -0.4 is 36.3 Å². The molecule has 0 spiro atoms. The molecule has 58 heavy (non-hydrogen) atoms. The van der Waals surface area contributed by atoms with Crippen molar-refractivity contribution in [2.75, 3.05) is 79.4 Å². The van der Waals surface area contributed by atoms with Gasteiger partial charge in [-0.15, -0.1) is 5.10 Å². The highest BCUT2D eigenvalue weighted by molar-refractivity contribution is 6.00. The van der Waals surface area contributed by atoms with Gasteiger partial charge in [-0.05, 0) is 74.8 Å². The predicted octanol–water partition coefficient (Wildman–Crippen LogP) is 3.03. The number of piperazine rings is 1. The Morgan fingerprint density at radius 2 is 1.72 bits per heavy atom. The topological polar surface area (TPSA) is 157 Å². The Labute approximate surface area is 335 Å². The molecule has 1 unspecified atom stereocenters. The molecule has 3 saturated heterocycles. The van der Waals surface area contributed by atoms with Gasteiger partial charge in [-0.2, -0.15) is 0 Å². The maximum absolute atomic E-state index is 13.3. The van der Waals surface area contributed by atoms with E-state index < -0.39 is 11.9 Å². The summed E-state index contributed by atoms with van der Waals surface area (Å²) in [6.07, 6.45) is 7.49. The predicted molar refractivity (Wildman–Crippen MR) is 222 cm³/mol. The number of anilines is 5. The quantitative estimate of drug-likeness (QED) is 0.189. The lowest BCUT2D eigenvalue weighted by Crippen LogP contribution is -2.49. The Morgan fingerprint density at radius 3 is 2.52 bits per heavy atom. The number of aromatic nitrogens is 5. The molecule has 4 aliphatic heterocycles. The van der Waals surface area contributed by atoms with Crippen molar-refractivity contribution in [3.63, 3.8) is 0 Å². The number of piperidine rings is 2. The van der Waals surface area contributed by atoms with Crippen LogP contribution in [0.3, 0.4) is 0 Å². The summed E-state index contributed by atoms with van der Waals surface area (Å²) in [7, 11) is 3.62. The molecule has 0 bridgehead atoms. The number of hydrogen-bond donors (Lipinski definition) is 3. The fourth-order valence-electron chi connectivity index (χ4n) is 9.63. The average molecular weight is 787 g/mol. The van der Waals surface area contributed by atoms with Crippen molar-refractivity contribution in [2.45, 2.75) is 57.0 Å². The summed E-state index contributed by atoms with van der Waals surface area (Å²) in [5.41, 5.74) is 8.06. The molecule has 5 aliphatic rings. The minimum Gasteiger partial charge on any atom is -0.385 e. The maximum atomic E-state index is 13.3. The number of nitrogens with one attached hydrogen (secondary N) is 3. The summed E-state index contributed by atoms with van der Waals surface area (Å²) >= 11 is 0. The van der Waals surface area contributed by atoms with Crippen LogP contribution in [0, 0.1) is 5.92 Å². The van der Waals surface area contributed by atoms with E-state index >= 15 is 0 Å². The average Bonchev–Trinajstić information content (AvgIpc) is 3.67. The number of aryl methyl sites for hydroxylation is 1. The van der Waals surface area contributed by atoms with Gasteiger partial charge in [0.1, 0.15) is 6.04 Å². The van der Waals surface area contributed by atoms with Crippen LogP contribution >= 0.6 is 0 Å².